The Bertz CT molecular complexity index is 693. The maximum Gasteiger partial charge on any atom is 0.223 e. The Morgan fingerprint density at radius 2 is 2.12 bits per heavy atom. The molecule has 0 spiro atoms. The molecule has 8 heteroatoms. The Hall–Kier alpha value is -1.27. The smallest absolute Gasteiger partial charge is 0.223 e. The van der Waals surface area contributed by atoms with Crippen molar-refractivity contribution in [2.24, 2.45) is 5.73 Å². The second-order valence-corrected chi connectivity index (χ2v) is 6.25. The summed E-state index contributed by atoms with van der Waals surface area (Å²) in [6.07, 6.45) is 4.48. The monoisotopic (exact) mass is 405 g/mol. The lowest BCUT2D eigenvalue weighted by Gasteiger charge is -2.30. The molecule has 138 valence electrons. The van der Waals surface area contributed by atoms with Crippen LogP contribution in [0.1, 0.15) is 25.2 Å². The SMILES string of the molecule is Cl.Cl.NC1CCCN(C(=O)CCc2ncc(-c3ccccc3Cl)o2)C1. The molecule has 0 radical (unpaired) electrons. The molecule has 25 heavy (non-hydrogen) atoms. The molecule has 1 saturated heterocycles. The van der Waals surface area contributed by atoms with E-state index < -0.39 is 0 Å². The van der Waals surface area contributed by atoms with Crippen molar-refractivity contribution in [3.63, 3.8) is 0 Å². The Morgan fingerprint density at radius 3 is 2.84 bits per heavy atom. The van der Waals surface area contributed by atoms with Crippen LogP contribution in [0.2, 0.25) is 5.02 Å². The predicted octanol–water partition coefficient (Wildman–Crippen LogP) is 3.72. The van der Waals surface area contributed by atoms with E-state index in [1.165, 1.54) is 0 Å². The van der Waals surface area contributed by atoms with Gasteiger partial charge in [0.15, 0.2) is 11.7 Å². The molecule has 5 nitrogen and oxygen atoms in total. The maximum atomic E-state index is 12.2. The lowest BCUT2D eigenvalue weighted by atomic mass is 10.1. The lowest BCUT2D eigenvalue weighted by molar-refractivity contribution is -0.132. The summed E-state index contributed by atoms with van der Waals surface area (Å²) in [7, 11) is 0. The first kappa shape index (κ1) is 21.8. The molecule has 1 atom stereocenters. The molecule has 1 fully saturated rings. The zero-order chi connectivity index (χ0) is 16.2. The van der Waals surface area contributed by atoms with Gasteiger partial charge >= 0.3 is 0 Å². The predicted molar refractivity (Wildman–Crippen MR) is 104 cm³/mol. The van der Waals surface area contributed by atoms with Gasteiger partial charge in [-0.1, -0.05) is 23.7 Å². The number of halogens is 3. The van der Waals surface area contributed by atoms with Crippen LogP contribution in [-0.4, -0.2) is 34.9 Å². The fourth-order valence-electron chi connectivity index (χ4n) is 2.82. The number of carbonyl (C=O) groups is 1. The largest absolute Gasteiger partial charge is 0.441 e. The highest BCUT2D eigenvalue weighted by Gasteiger charge is 2.21. The number of nitrogens with two attached hydrogens (primary N) is 1. The van der Waals surface area contributed by atoms with Crippen LogP contribution < -0.4 is 5.73 Å². The molecular formula is C17H22Cl3N3O2. The van der Waals surface area contributed by atoms with Gasteiger partial charge in [0, 0.05) is 37.5 Å². The normalized spacial score (nSPS) is 16.7. The van der Waals surface area contributed by atoms with Crippen LogP contribution in [0.3, 0.4) is 0 Å². The van der Waals surface area contributed by atoms with Crippen molar-refractivity contribution < 1.29 is 9.21 Å². The number of oxazole rings is 1. The summed E-state index contributed by atoms with van der Waals surface area (Å²) in [6, 6.07) is 7.55. The molecule has 3 rings (SSSR count). The van der Waals surface area contributed by atoms with E-state index in [4.69, 9.17) is 21.8 Å². The third-order valence-corrected chi connectivity index (χ3v) is 4.39. The summed E-state index contributed by atoms with van der Waals surface area (Å²) < 4.78 is 5.72. The minimum atomic E-state index is 0. The molecule has 1 aliphatic heterocycles. The van der Waals surface area contributed by atoms with Crippen molar-refractivity contribution in [3.8, 4) is 11.3 Å². The number of hydrogen-bond donors (Lipinski definition) is 1. The number of hydrogen-bond acceptors (Lipinski definition) is 4. The topological polar surface area (TPSA) is 72.4 Å². The lowest BCUT2D eigenvalue weighted by Crippen LogP contribution is -2.45. The molecule has 1 amide bonds. The number of benzene rings is 1. The highest BCUT2D eigenvalue weighted by molar-refractivity contribution is 6.33. The maximum absolute atomic E-state index is 12.2. The highest BCUT2D eigenvalue weighted by atomic mass is 35.5. The van der Waals surface area contributed by atoms with Crippen LogP contribution in [0.5, 0.6) is 0 Å². The van der Waals surface area contributed by atoms with Gasteiger partial charge in [-0.25, -0.2) is 4.98 Å². The third kappa shape index (κ3) is 5.61. The van der Waals surface area contributed by atoms with Crippen molar-refractivity contribution in [3.05, 3.63) is 41.4 Å². The molecular weight excluding hydrogens is 385 g/mol. The molecule has 1 unspecified atom stereocenters. The highest BCUT2D eigenvalue weighted by Crippen LogP contribution is 2.28. The number of aryl methyl sites for hydroxylation is 1. The third-order valence-electron chi connectivity index (χ3n) is 4.06. The Labute approximate surface area is 164 Å². The Balaban J connectivity index is 0.00000156. The van der Waals surface area contributed by atoms with Crippen LogP contribution in [0.15, 0.2) is 34.9 Å². The number of amides is 1. The minimum absolute atomic E-state index is 0. The molecule has 2 N–H and O–H groups in total. The van der Waals surface area contributed by atoms with Gasteiger partial charge in [0.2, 0.25) is 5.91 Å². The number of piperidine rings is 1. The van der Waals surface area contributed by atoms with Crippen molar-refractivity contribution in [1.82, 2.24) is 9.88 Å². The average Bonchev–Trinajstić information content (AvgIpc) is 3.02. The number of likely N-dealkylation sites (tertiary alicyclic amines) is 1. The first-order chi connectivity index (χ1) is 11.1. The summed E-state index contributed by atoms with van der Waals surface area (Å²) in [5.74, 6) is 1.28. The van der Waals surface area contributed by atoms with Gasteiger partial charge in [-0.05, 0) is 25.0 Å². The molecule has 2 heterocycles. The standard InChI is InChI=1S/C17H20ClN3O2.2ClH/c18-14-6-2-1-5-13(14)15-10-20-16(23-15)7-8-17(22)21-9-3-4-12(19)11-21;;/h1-2,5-6,10,12H,3-4,7-9,11,19H2;2*1H. The van der Waals surface area contributed by atoms with E-state index >= 15 is 0 Å². The van der Waals surface area contributed by atoms with Gasteiger partial charge in [-0.3, -0.25) is 4.79 Å². The Kier molecular flexibility index (Phi) is 8.73. The second kappa shape index (κ2) is 10.0. The van der Waals surface area contributed by atoms with E-state index in [9.17, 15) is 4.79 Å². The molecule has 0 aliphatic carbocycles. The summed E-state index contributed by atoms with van der Waals surface area (Å²) in [4.78, 5) is 18.3. The van der Waals surface area contributed by atoms with Gasteiger partial charge in [0.05, 0.1) is 11.2 Å². The summed E-state index contributed by atoms with van der Waals surface area (Å²) >= 11 is 6.15. The van der Waals surface area contributed by atoms with Crippen molar-refractivity contribution in [2.75, 3.05) is 13.1 Å². The van der Waals surface area contributed by atoms with Gasteiger partial charge in [0.1, 0.15) is 0 Å². The number of rotatable bonds is 4. The molecule has 1 aromatic carbocycles. The van der Waals surface area contributed by atoms with E-state index in [2.05, 4.69) is 4.98 Å². The van der Waals surface area contributed by atoms with Crippen LogP contribution in [-0.2, 0) is 11.2 Å². The summed E-state index contributed by atoms with van der Waals surface area (Å²) in [5, 5.41) is 0.619. The molecule has 1 aliphatic rings. The Morgan fingerprint density at radius 1 is 1.36 bits per heavy atom. The molecule has 0 bridgehead atoms. The zero-order valence-electron chi connectivity index (χ0n) is 13.7. The van der Waals surface area contributed by atoms with E-state index in [0.717, 1.165) is 24.9 Å². The number of aromatic nitrogens is 1. The van der Waals surface area contributed by atoms with Crippen molar-refractivity contribution in [2.45, 2.75) is 31.7 Å². The molecule has 2 aromatic rings. The summed E-state index contributed by atoms with van der Waals surface area (Å²) in [6.45, 7) is 1.44. The molecule has 0 saturated carbocycles. The van der Waals surface area contributed by atoms with E-state index in [0.29, 0.717) is 36.1 Å². The van der Waals surface area contributed by atoms with Crippen molar-refractivity contribution >= 4 is 42.3 Å². The number of carbonyl (C=O) groups excluding carboxylic acids is 1. The quantitative estimate of drug-likeness (QED) is 0.840. The van der Waals surface area contributed by atoms with Crippen LogP contribution in [0, 0.1) is 0 Å². The first-order valence-electron chi connectivity index (χ1n) is 7.86. The second-order valence-electron chi connectivity index (χ2n) is 5.84. The van der Waals surface area contributed by atoms with Gasteiger partial charge in [-0.15, -0.1) is 24.8 Å². The minimum Gasteiger partial charge on any atom is -0.441 e. The fraction of sp³-hybridized carbons (Fsp3) is 0.412. The van der Waals surface area contributed by atoms with Crippen molar-refractivity contribution in [1.29, 1.82) is 0 Å². The first-order valence-corrected chi connectivity index (χ1v) is 8.24. The van der Waals surface area contributed by atoms with Crippen LogP contribution in [0.25, 0.3) is 11.3 Å². The van der Waals surface area contributed by atoms with Gasteiger partial charge < -0.3 is 15.1 Å². The van der Waals surface area contributed by atoms with Gasteiger partial charge in [0.25, 0.3) is 0 Å². The van der Waals surface area contributed by atoms with E-state index in [-0.39, 0.29) is 36.8 Å². The van der Waals surface area contributed by atoms with E-state index in [1.807, 2.05) is 29.2 Å². The molecule has 1 aromatic heterocycles. The van der Waals surface area contributed by atoms with Gasteiger partial charge in [-0.2, -0.15) is 0 Å². The fourth-order valence-corrected chi connectivity index (χ4v) is 3.05. The average molecular weight is 407 g/mol. The summed E-state index contributed by atoms with van der Waals surface area (Å²) in [5.41, 5.74) is 6.72. The van der Waals surface area contributed by atoms with Crippen LogP contribution in [0.4, 0.5) is 0 Å². The van der Waals surface area contributed by atoms with E-state index in [1.54, 1.807) is 6.20 Å². The van der Waals surface area contributed by atoms with Crippen LogP contribution >= 0.6 is 36.4 Å². The number of nitrogens with zero attached hydrogens (tertiary/aromatic N) is 2. The zero-order valence-corrected chi connectivity index (χ0v) is 16.1.